The van der Waals surface area contributed by atoms with Gasteiger partial charge in [-0.25, -0.2) is 0 Å². The topological polar surface area (TPSA) is 58.4 Å². The Balaban J connectivity index is 2.38. The van der Waals surface area contributed by atoms with Gasteiger partial charge in [-0.1, -0.05) is 6.07 Å². The molecule has 3 N–H and O–H groups in total. The molecule has 7 heteroatoms. The third kappa shape index (κ3) is 2.58. The number of hydrogen-bond acceptors (Lipinski definition) is 3. The molecule has 0 saturated heterocycles. The number of nitrogens with zero attached hydrogens (tertiary/aromatic N) is 1. The van der Waals surface area contributed by atoms with E-state index in [1.165, 1.54) is 17.0 Å². The summed E-state index contributed by atoms with van der Waals surface area (Å²) in [6.07, 6.45) is -1.76. The van der Waals surface area contributed by atoms with Crippen LogP contribution in [0.4, 0.5) is 18.9 Å². The van der Waals surface area contributed by atoms with Crippen molar-refractivity contribution in [3.05, 3.63) is 29.3 Å². The Bertz CT molecular complexity index is 512. The predicted octanol–water partition coefficient (Wildman–Crippen LogP) is 2.62. The Labute approximate surface area is 114 Å². The highest BCUT2D eigenvalue weighted by atomic mass is 19.4. The van der Waals surface area contributed by atoms with Gasteiger partial charge in [0.15, 0.2) is 0 Å². The predicted molar refractivity (Wildman–Crippen MR) is 69.0 cm³/mol. The number of carbonyl (C=O) groups excluding carboxylic acids is 1. The quantitative estimate of drug-likeness (QED) is 0.663. The van der Waals surface area contributed by atoms with Gasteiger partial charge in [0.05, 0.1) is 16.8 Å². The molecule has 1 amide bonds. The van der Waals surface area contributed by atoms with Crippen molar-refractivity contribution >= 4 is 11.6 Å². The lowest BCUT2D eigenvalue weighted by Gasteiger charge is -2.35. The van der Waals surface area contributed by atoms with Gasteiger partial charge in [-0.3, -0.25) is 10.6 Å². The van der Waals surface area contributed by atoms with E-state index in [2.05, 4.69) is 0 Å². The average molecular weight is 287 g/mol. The molecule has 1 fully saturated rings. The highest BCUT2D eigenvalue weighted by Crippen LogP contribution is 2.37. The van der Waals surface area contributed by atoms with E-state index in [-0.39, 0.29) is 17.3 Å². The molecule has 1 aliphatic rings. The number of benzene rings is 1. The third-order valence-electron chi connectivity index (χ3n) is 3.69. The fourth-order valence-corrected chi connectivity index (χ4v) is 2.25. The molecule has 1 aliphatic carbocycles. The SMILES string of the molecule is CN(C(=O)c1cccc(C(F)(F)F)c1NN)C1CCC1. The summed E-state index contributed by atoms with van der Waals surface area (Å²) < 4.78 is 38.7. The Kier molecular flexibility index (Phi) is 3.89. The number of anilines is 1. The van der Waals surface area contributed by atoms with Gasteiger partial charge >= 0.3 is 6.18 Å². The zero-order chi connectivity index (χ0) is 14.9. The summed E-state index contributed by atoms with van der Waals surface area (Å²) in [5.74, 6) is 4.74. The number of rotatable bonds is 3. The van der Waals surface area contributed by atoms with Crippen LogP contribution in [-0.4, -0.2) is 23.9 Å². The molecule has 4 nitrogen and oxygen atoms in total. The van der Waals surface area contributed by atoms with Gasteiger partial charge in [0.25, 0.3) is 5.91 Å². The summed E-state index contributed by atoms with van der Waals surface area (Å²) in [5.41, 5.74) is 0.640. The van der Waals surface area contributed by atoms with Crippen LogP contribution >= 0.6 is 0 Å². The van der Waals surface area contributed by atoms with E-state index in [4.69, 9.17) is 5.84 Å². The Morgan fingerprint density at radius 2 is 2.05 bits per heavy atom. The van der Waals surface area contributed by atoms with Crippen LogP contribution in [0.3, 0.4) is 0 Å². The van der Waals surface area contributed by atoms with Gasteiger partial charge in [-0.05, 0) is 31.4 Å². The number of carbonyl (C=O) groups is 1. The molecule has 0 atom stereocenters. The minimum atomic E-state index is -4.56. The van der Waals surface area contributed by atoms with Crippen LogP contribution in [0.1, 0.15) is 35.2 Å². The molecule has 1 aromatic carbocycles. The molecule has 110 valence electrons. The minimum Gasteiger partial charge on any atom is -0.339 e. The Morgan fingerprint density at radius 3 is 2.50 bits per heavy atom. The molecular weight excluding hydrogens is 271 g/mol. The Hall–Kier alpha value is -1.76. The van der Waals surface area contributed by atoms with Crippen LogP contribution in [0.25, 0.3) is 0 Å². The van der Waals surface area contributed by atoms with Gasteiger partial charge in [0.2, 0.25) is 0 Å². The van der Waals surface area contributed by atoms with Crippen LogP contribution in [0.2, 0.25) is 0 Å². The van der Waals surface area contributed by atoms with E-state index < -0.39 is 17.6 Å². The van der Waals surface area contributed by atoms with Crippen molar-refractivity contribution in [2.45, 2.75) is 31.5 Å². The molecular formula is C13H16F3N3O. The molecule has 0 bridgehead atoms. The highest BCUT2D eigenvalue weighted by Gasteiger charge is 2.36. The average Bonchev–Trinajstić information content (AvgIpc) is 2.33. The monoisotopic (exact) mass is 287 g/mol. The van der Waals surface area contributed by atoms with Crippen molar-refractivity contribution in [1.29, 1.82) is 0 Å². The highest BCUT2D eigenvalue weighted by molar-refractivity contribution is 6.00. The summed E-state index contributed by atoms with van der Waals surface area (Å²) in [5, 5.41) is 0. The maximum atomic E-state index is 12.9. The maximum Gasteiger partial charge on any atom is 0.418 e. The number of amides is 1. The molecule has 0 unspecified atom stereocenters. The molecule has 0 aliphatic heterocycles. The third-order valence-corrected chi connectivity index (χ3v) is 3.69. The largest absolute Gasteiger partial charge is 0.418 e. The molecule has 2 rings (SSSR count). The van der Waals surface area contributed by atoms with Gasteiger partial charge in [0.1, 0.15) is 0 Å². The molecule has 1 saturated carbocycles. The van der Waals surface area contributed by atoms with E-state index in [0.717, 1.165) is 25.3 Å². The van der Waals surface area contributed by atoms with Crippen molar-refractivity contribution in [1.82, 2.24) is 4.90 Å². The molecule has 0 heterocycles. The molecule has 0 spiro atoms. The zero-order valence-electron chi connectivity index (χ0n) is 11.0. The number of para-hydroxylation sites is 1. The first-order chi connectivity index (χ1) is 9.36. The number of hydrogen-bond donors (Lipinski definition) is 2. The summed E-state index contributed by atoms with van der Waals surface area (Å²) in [6.45, 7) is 0. The van der Waals surface area contributed by atoms with Gasteiger partial charge < -0.3 is 10.3 Å². The lowest BCUT2D eigenvalue weighted by atomic mass is 9.91. The molecule has 0 aromatic heterocycles. The summed E-state index contributed by atoms with van der Waals surface area (Å²) >= 11 is 0. The number of alkyl halides is 3. The first-order valence-corrected chi connectivity index (χ1v) is 6.30. The van der Waals surface area contributed by atoms with Crippen LogP contribution in [0, 0.1) is 0 Å². The standard InChI is InChI=1S/C13H16F3N3O/c1-19(8-4-2-5-8)12(20)9-6-3-7-10(11(9)18-17)13(14,15)16/h3,6-8,18H,2,4-5,17H2,1H3. The van der Waals surface area contributed by atoms with Crippen molar-refractivity contribution in [3.8, 4) is 0 Å². The van der Waals surface area contributed by atoms with E-state index in [0.29, 0.717) is 0 Å². The number of hydrazine groups is 1. The van der Waals surface area contributed by atoms with Crippen LogP contribution in [0.5, 0.6) is 0 Å². The van der Waals surface area contributed by atoms with E-state index in [1.54, 1.807) is 7.05 Å². The summed E-state index contributed by atoms with van der Waals surface area (Å²) in [6, 6.07) is 3.56. The molecule has 20 heavy (non-hydrogen) atoms. The maximum absolute atomic E-state index is 12.9. The summed E-state index contributed by atoms with van der Waals surface area (Å²) in [4.78, 5) is 13.8. The van der Waals surface area contributed by atoms with Crippen LogP contribution in [-0.2, 0) is 6.18 Å². The second kappa shape index (κ2) is 5.32. The fraction of sp³-hybridized carbons (Fsp3) is 0.462. The van der Waals surface area contributed by atoms with Crippen molar-refractivity contribution < 1.29 is 18.0 Å². The lowest BCUT2D eigenvalue weighted by Crippen LogP contribution is -2.41. The molecule has 1 aromatic rings. The van der Waals surface area contributed by atoms with Gasteiger partial charge in [0, 0.05) is 13.1 Å². The first-order valence-electron chi connectivity index (χ1n) is 6.30. The van der Waals surface area contributed by atoms with Crippen molar-refractivity contribution in [2.75, 3.05) is 12.5 Å². The van der Waals surface area contributed by atoms with E-state index >= 15 is 0 Å². The van der Waals surface area contributed by atoms with Crippen molar-refractivity contribution in [3.63, 3.8) is 0 Å². The van der Waals surface area contributed by atoms with Crippen LogP contribution < -0.4 is 11.3 Å². The number of nitrogens with one attached hydrogen (secondary N) is 1. The smallest absolute Gasteiger partial charge is 0.339 e. The second-order valence-electron chi connectivity index (χ2n) is 4.87. The minimum absolute atomic E-state index is 0.0586. The Morgan fingerprint density at radius 1 is 1.40 bits per heavy atom. The van der Waals surface area contributed by atoms with E-state index in [9.17, 15) is 18.0 Å². The normalized spacial score (nSPS) is 15.7. The van der Waals surface area contributed by atoms with Crippen molar-refractivity contribution in [2.24, 2.45) is 5.84 Å². The second-order valence-corrected chi connectivity index (χ2v) is 4.87. The fourth-order valence-electron chi connectivity index (χ4n) is 2.25. The first kappa shape index (κ1) is 14.6. The lowest BCUT2D eigenvalue weighted by molar-refractivity contribution is -0.137. The summed E-state index contributed by atoms with van der Waals surface area (Å²) in [7, 11) is 1.60. The van der Waals surface area contributed by atoms with E-state index in [1.807, 2.05) is 5.43 Å². The van der Waals surface area contributed by atoms with Gasteiger partial charge in [-0.2, -0.15) is 13.2 Å². The molecule has 0 radical (unpaired) electrons. The number of halogens is 3. The van der Waals surface area contributed by atoms with Crippen LogP contribution in [0.15, 0.2) is 18.2 Å². The van der Waals surface area contributed by atoms with Gasteiger partial charge in [-0.15, -0.1) is 0 Å². The number of nitrogens with two attached hydrogens (primary N) is 1. The number of nitrogen functional groups attached to an aromatic ring is 1. The zero-order valence-corrected chi connectivity index (χ0v) is 11.0.